The monoisotopic (exact) mass is 442 g/mol. The molecule has 0 spiro atoms. The van der Waals surface area contributed by atoms with Crippen LogP contribution in [0.15, 0.2) is 47.3 Å². The number of hydrogen-bond donors (Lipinski definition) is 3. The average molecular weight is 443 g/mol. The number of allylic oxidation sites excluding steroid dienone is 4. The van der Waals surface area contributed by atoms with Gasteiger partial charge in [0, 0.05) is 11.8 Å². The Bertz CT molecular complexity index is 870. The van der Waals surface area contributed by atoms with Gasteiger partial charge >= 0.3 is 0 Å². The fourth-order valence-corrected chi connectivity index (χ4v) is 7.19. The summed E-state index contributed by atoms with van der Waals surface area (Å²) in [5.74, 6) is 0.764. The van der Waals surface area contributed by atoms with E-state index in [1.165, 1.54) is 16.7 Å². The Morgan fingerprint density at radius 1 is 1.12 bits per heavy atom. The van der Waals surface area contributed by atoms with Crippen LogP contribution < -0.4 is 0 Å². The molecule has 2 unspecified atom stereocenters. The molecule has 4 aliphatic rings. The fraction of sp³-hybridized carbons (Fsp3) is 0.714. The van der Waals surface area contributed by atoms with E-state index in [9.17, 15) is 15.3 Å². The molecule has 178 valence electrons. The van der Waals surface area contributed by atoms with Crippen LogP contribution in [-0.2, 0) is 4.74 Å². The van der Waals surface area contributed by atoms with Gasteiger partial charge in [-0.05, 0) is 88.7 Å². The topological polar surface area (TPSA) is 69.9 Å². The van der Waals surface area contributed by atoms with E-state index in [1.807, 2.05) is 6.08 Å². The maximum Gasteiger partial charge on any atom is 0.124 e. The zero-order valence-electron chi connectivity index (χ0n) is 20.7. The minimum Gasteiger partial charge on any atom is -0.491 e. The van der Waals surface area contributed by atoms with Crippen molar-refractivity contribution in [3.8, 4) is 0 Å². The van der Waals surface area contributed by atoms with Crippen molar-refractivity contribution in [3.05, 3.63) is 47.3 Å². The van der Waals surface area contributed by atoms with Gasteiger partial charge < -0.3 is 20.1 Å². The molecule has 0 aromatic carbocycles. The highest BCUT2D eigenvalue weighted by Crippen LogP contribution is 2.64. The molecule has 6 atom stereocenters. The van der Waals surface area contributed by atoms with E-state index in [0.717, 1.165) is 19.3 Å². The third-order valence-corrected chi connectivity index (χ3v) is 8.96. The van der Waals surface area contributed by atoms with E-state index in [0.29, 0.717) is 31.1 Å². The third kappa shape index (κ3) is 3.82. The quantitative estimate of drug-likeness (QED) is 0.404. The van der Waals surface area contributed by atoms with Crippen LogP contribution in [0.4, 0.5) is 0 Å². The molecule has 3 N–H and O–H groups in total. The predicted molar refractivity (Wildman–Crippen MR) is 128 cm³/mol. The lowest BCUT2D eigenvalue weighted by Crippen LogP contribution is -2.52. The van der Waals surface area contributed by atoms with Crippen LogP contribution in [0.25, 0.3) is 0 Å². The minimum absolute atomic E-state index is 0.0385. The first-order chi connectivity index (χ1) is 14.8. The van der Waals surface area contributed by atoms with Gasteiger partial charge in [0.25, 0.3) is 0 Å². The van der Waals surface area contributed by atoms with Crippen LogP contribution in [0.3, 0.4) is 0 Å². The third-order valence-electron chi connectivity index (χ3n) is 8.96. The molecular formula is C28H42O4. The van der Waals surface area contributed by atoms with Gasteiger partial charge in [0.05, 0.1) is 24.1 Å². The van der Waals surface area contributed by atoms with Gasteiger partial charge in [-0.1, -0.05) is 43.2 Å². The molecule has 4 nitrogen and oxygen atoms in total. The Kier molecular flexibility index (Phi) is 5.84. The summed E-state index contributed by atoms with van der Waals surface area (Å²) in [6.07, 6.45) is 14.5. The Labute approximate surface area is 193 Å². The van der Waals surface area contributed by atoms with Crippen molar-refractivity contribution in [1.82, 2.24) is 0 Å². The SMILES string of the molecule is CC(C)(O)CC=COC(C)(C)C1=CC[C@H]2C3=CC=C4CC(O)CC(O)[C@]4(C)[C@H]3CC[C@]12C. The summed E-state index contributed by atoms with van der Waals surface area (Å²) in [5, 5.41) is 31.2. The fourth-order valence-electron chi connectivity index (χ4n) is 7.19. The lowest BCUT2D eigenvalue weighted by Gasteiger charge is -2.56. The van der Waals surface area contributed by atoms with Crippen LogP contribution in [0.2, 0.25) is 0 Å². The van der Waals surface area contributed by atoms with E-state index in [1.54, 1.807) is 20.1 Å². The van der Waals surface area contributed by atoms with Crippen molar-refractivity contribution < 1.29 is 20.1 Å². The Balaban J connectivity index is 1.57. The van der Waals surface area contributed by atoms with E-state index in [-0.39, 0.29) is 10.8 Å². The summed E-state index contributed by atoms with van der Waals surface area (Å²) >= 11 is 0. The first-order valence-corrected chi connectivity index (χ1v) is 12.3. The van der Waals surface area contributed by atoms with Crippen molar-refractivity contribution in [2.24, 2.45) is 22.7 Å². The molecule has 0 bridgehead atoms. The number of hydrogen-bond acceptors (Lipinski definition) is 4. The zero-order valence-corrected chi connectivity index (χ0v) is 20.7. The van der Waals surface area contributed by atoms with Gasteiger partial charge in [0.2, 0.25) is 0 Å². The Morgan fingerprint density at radius 2 is 1.84 bits per heavy atom. The van der Waals surface area contributed by atoms with Crippen LogP contribution in [0, 0.1) is 22.7 Å². The molecule has 0 amide bonds. The standard InChI is InChI=1S/C28H42O4/c1-25(2,31)13-7-15-32-26(3,4)23-11-10-21-20-9-8-18-16-19(29)17-24(30)28(18,6)22(20)12-14-27(21,23)5/h7-9,11,15,19,21-22,24,29-31H,10,12-14,16-17H2,1-6H3/t19?,21-,22-,24?,27-,28-/m0/s1. The molecule has 4 aliphatic carbocycles. The van der Waals surface area contributed by atoms with Gasteiger partial charge in [-0.15, -0.1) is 0 Å². The van der Waals surface area contributed by atoms with E-state index in [2.05, 4.69) is 45.9 Å². The molecule has 0 aromatic heterocycles. The Hall–Kier alpha value is -1.36. The smallest absolute Gasteiger partial charge is 0.124 e. The molecule has 2 fully saturated rings. The van der Waals surface area contributed by atoms with E-state index < -0.39 is 23.4 Å². The molecule has 0 aliphatic heterocycles. The highest BCUT2D eigenvalue weighted by atomic mass is 16.5. The summed E-state index contributed by atoms with van der Waals surface area (Å²) in [5.41, 5.74) is 2.67. The molecular weight excluding hydrogens is 400 g/mol. The zero-order chi connectivity index (χ0) is 23.5. The second-order valence-electron chi connectivity index (χ2n) is 12.2. The van der Waals surface area contributed by atoms with Crippen LogP contribution in [0.1, 0.15) is 80.1 Å². The second kappa shape index (κ2) is 7.85. The van der Waals surface area contributed by atoms with E-state index >= 15 is 0 Å². The van der Waals surface area contributed by atoms with Gasteiger partial charge in [0.15, 0.2) is 0 Å². The summed E-state index contributed by atoms with van der Waals surface area (Å²) in [6.45, 7) is 12.5. The molecule has 4 rings (SSSR count). The van der Waals surface area contributed by atoms with Gasteiger partial charge in [-0.25, -0.2) is 0 Å². The van der Waals surface area contributed by atoms with Crippen molar-refractivity contribution in [2.45, 2.75) is 103 Å². The number of aliphatic hydroxyl groups excluding tert-OH is 2. The first kappa shape index (κ1) is 23.8. The minimum atomic E-state index is -0.734. The molecule has 32 heavy (non-hydrogen) atoms. The van der Waals surface area contributed by atoms with Gasteiger partial charge in [0.1, 0.15) is 5.60 Å². The molecule has 2 saturated carbocycles. The van der Waals surface area contributed by atoms with Crippen molar-refractivity contribution in [3.63, 3.8) is 0 Å². The summed E-state index contributed by atoms with van der Waals surface area (Å²) in [4.78, 5) is 0. The largest absolute Gasteiger partial charge is 0.491 e. The molecule has 0 saturated heterocycles. The Morgan fingerprint density at radius 3 is 2.53 bits per heavy atom. The lowest BCUT2D eigenvalue weighted by molar-refractivity contribution is -0.0508. The maximum absolute atomic E-state index is 11.1. The highest BCUT2D eigenvalue weighted by Gasteiger charge is 2.58. The van der Waals surface area contributed by atoms with Crippen LogP contribution in [0.5, 0.6) is 0 Å². The van der Waals surface area contributed by atoms with Gasteiger partial charge in [-0.3, -0.25) is 0 Å². The average Bonchev–Trinajstić information content (AvgIpc) is 3.04. The van der Waals surface area contributed by atoms with Gasteiger partial charge in [-0.2, -0.15) is 0 Å². The maximum atomic E-state index is 11.1. The predicted octanol–water partition coefficient (Wildman–Crippen LogP) is 5.21. The van der Waals surface area contributed by atoms with Crippen molar-refractivity contribution in [2.75, 3.05) is 0 Å². The number of fused-ring (bicyclic) bond motifs is 5. The second-order valence-corrected chi connectivity index (χ2v) is 12.2. The van der Waals surface area contributed by atoms with E-state index in [4.69, 9.17) is 4.74 Å². The summed E-state index contributed by atoms with van der Waals surface area (Å²) in [6, 6.07) is 0. The first-order valence-electron chi connectivity index (χ1n) is 12.3. The molecule has 4 heteroatoms. The van der Waals surface area contributed by atoms with Crippen LogP contribution >= 0.6 is 0 Å². The lowest BCUT2D eigenvalue weighted by atomic mass is 9.49. The summed E-state index contributed by atoms with van der Waals surface area (Å²) in [7, 11) is 0. The molecule has 0 aromatic rings. The van der Waals surface area contributed by atoms with Crippen molar-refractivity contribution in [1.29, 1.82) is 0 Å². The summed E-state index contributed by atoms with van der Waals surface area (Å²) < 4.78 is 6.23. The normalized spacial score (nSPS) is 39.6. The van der Waals surface area contributed by atoms with Crippen LogP contribution in [-0.4, -0.2) is 38.7 Å². The molecule has 0 heterocycles. The number of aliphatic hydroxyl groups is 3. The number of rotatable bonds is 5. The molecule has 0 radical (unpaired) electrons. The van der Waals surface area contributed by atoms with Crippen molar-refractivity contribution >= 4 is 0 Å². The number of ether oxygens (including phenoxy) is 1. The highest BCUT2D eigenvalue weighted by molar-refractivity contribution is 5.44.